The minimum Gasteiger partial charge on any atom is -0.334 e. The van der Waals surface area contributed by atoms with Crippen molar-refractivity contribution in [2.75, 3.05) is 5.32 Å². The van der Waals surface area contributed by atoms with Crippen molar-refractivity contribution in [3.8, 4) is 0 Å². The lowest BCUT2D eigenvalue weighted by molar-refractivity contribution is -0.384. The minimum atomic E-state index is -0.464. The van der Waals surface area contributed by atoms with Crippen LogP contribution in [0.4, 0.5) is 17.2 Å². The fraction of sp³-hybridized carbons (Fsp3) is 0. The molecule has 0 fully saturated rings. The van der Waals surface area contributed by atoms with Crippen molar-refractivity contribution in [3.63, 3.8) is 0 Å². The Hall–Kier alpha value is -3.61. The Bertz CT molecular complexity index is 881. The normalized spacial score (nSPS) is 10.7. The van der Waals surface area contributed by atoms with Crippen LogP contribution in [0.3, 0.4) is 0 Å². The summed E-state index contributed by atoms with van der Waals surface area (Å²) in [6, 6.07) is 10.4. The molecule has 0 atom stereocenters. The minimum absolute atomic E-state index is 0.0696. The molecule has 0 saturated heterocycles. The first-order valence-electron chi connectivity index (χ1n) is 7.12. The van der Waals surface area contributed by atoms with Crippen molar-refractivity contribution in [1.82, 2.24) is 15.0 Å². The van der Waals surface area contributed by atoms with Gasteiger partial charge in [0.05, 0.1) is 4.92 Å². The van der Waals surface area contributed by atoms with Crippen LogP contribution in [0.5, 0.6) is 0 Å². The average molecular weight is 319 g/mol. The number of pyridine rings is 1. The molecule has 118 valence electrons. The summed E-state index contributed by atoms with van der Waals surface area (Å²) in [6.07, 6.45) is 10.2. The summed E-state index contributed by atoms with van der Waals surface area (Å²) in [5.41, 5.74) is 2.46. The maximum absolute atomic E-state index is 11.0. The zero-order valence-corrected chi connectivity index (χ0v) is 12.5. The first-order valence-corrected chi connectivity index (χ1v) is 7.12. The van der Waals surface area contributed by atoms with Gasteiger partial charge in [0.15, 0.2) is 0 Å². The summed E-state index contributed by atoms with van der Waals surface area (Å²) in [6.45, 7) is 0. The molecule has 0 radical (unpaired) electrons. The van der Waals surface area contributed by atoms with Crippen LogP contribution in [0.1, 0.15) is 11.1 Å². The molecule has 0 bridgehead atoms. The van der Waals surface area contributed by atoms with Crippen LogP contribution in [0.2, 0.25) is 0 Å². The van der Waals surface area contributed by atoms with Gasteiger partial charge < -0.3 is 5.32 Å². The van der Waals surface area contributed by atoms with Crippen LogP contribution >= 0.6 is 0 Å². The fourth-order valence-corrected chi connectivity index (χ4v) is 2.09. The van der Waals surface area contributed by atoms with Gasteiger partial charge in [-0.15, -0.1) is 0 Å². The molecule has 3 rings (SSSR count). The number of benzene rings is 1. The van der Waals surface area contributed by atoms with Crippen LogP contribution in [0, 0.1) is 10.1 Å². The SMILES string of the molecule is O=[N+]([O-])c1cccnc1Nc1cccc(/C=C/c2cncnc2)c1. The molecule has 0 spiro atoms. The van der Waals surface area contributed by atoms with Gasteiger partial charge in [0.1, 0.15) is 6.33 Å². The lowest BCUT2D eigenvalue weighted by Gasteiger charge is -2.06. The van der Waals surface area contributed by atoms with Gasteiger partial charge in [-0.2, -0.15) is 0 Å². The third kappa shape index (κ3) is 3.77. The number of nitrogens with one attached hydrogen (secondary N) is 1. The van der Waals surface area contributed by atoms with Gasteiger partial charge in [0.25, 0.3) is 0 Å². The predicted octanol–water partition coefficient (Wildman–Crippen LogP) is 3.69. The summed E-state index contributed by atoms with van der Waals surface area (Å²) >= 11 is 0. The molecule has 0 saturated carbocycles. The van der Waals surface area contributed by atoms with E-state index in [2.05, 4.69) is 20.3 Å². The van der Waals surface area contributed by atoms with E-state index in [0.29, 0.717) is 5.69 Å². The highest BCUT2D eigenvalue weighted by Crippen LogP contribution is 2.25. The highest BCUT2D eigenvalue weighted by molar-refractivity contribution is 5.72. The van der Waals surface area contributed by atoms with Gasteiger partial charge in [-0.05, 0) is 23.8 Å². The molecule has 2 heterocycles. The number of anilines is 2. The van der Waals surface area contributed by atoms with E-state index in [4.69, 9.17) is 0 Å². The van der Waals surface area contributed by atoms with Gasteiger partial charge in [0.2, 0.25) is 5.82 Å². The molecule has 2 aromatic heterocycles. The second kappa shape index (κ2) is 7.10. The lowest BCUT2D eigenvalue weighted by atomic mass is 10.1. The fourth-order valence-electron chi connectivity index (χ4n) is 2.09. The second-order valence-corrected chi connectivity index (χ2v) is 4.88. The van der Waals surface area contributed by atoms with Crippen LogP contribution in [-0.4, -0.2) is 19.9 Å². The molecule has 7 heteroatoms. The van der Waals surface area contributed by atoms with E-state index in [-0.39, 0.29) is 11.5 Å². The third-order valence-corrected chi connectivity index (χ3v) is 3.18. The molecule has 1 N–H and O–H groups in total. The number of nitro groups is 1. The van der Waals surface area contributed by atoms with Gasteiger partial charge in [-0.3, -0.25) is 10.1 Å². The van der Waals surface area contributed by atoms with Crippen molar-refractivity contribution in [2.24, 2.45) is 0 Å². The van der Waals surface area contributed by atoms with E-state index in [0.717, 1.165) is 11.1 Å². The topological polar surface area (TPSA) is 93.8 Å². The molecule has 0 aliphatic rings. The van der Waals surface area contributed by atoms with E-state index < -0.39 is 4.92 Å². The summed E-state index contributed by atoms with van der Waals surface area (Å²) in [7, 11) is 0. The second-order valence-electron chi connectivity index (χ2n) is 4.88. The van der Waals surface area contributed by atoms with E-state index in [9.17, 15) is 10.1 Å². The van der Waals surface area contributed by atoms with Crippen LogP contribution in [0.15, 0.2) is 61.3 Å². The average Bonchev–Trinajstić information content (AvgIpc) is 2.61. The number of hydrogen-bond acceptors (Lipinski definition) is 6. The molecular weight excluding hydrogens is 306 g/mol. The number of rotatable bonds is 5. The van der Waals surface area contributed by atoms with Crippen molar-refractivity contribution < 1.29 is 4.92 Å². The molecular formula is C17H13N5O2. The van der Waals surface area contributed by atoms with E-state index >= 15 is 0 Å². The Morgan fingerprint density at radius 1 is 1.04 bits per heavy atom. The van der Waals surface area contributed by atoms with Gasteiger partial charge in [-0.1, -0.05) is 24.3 Å². The largest absolute Gasteiger partial charge is 0.334 e. The van der Waals surface area contributed by atoms with E-state index in [1.165, 1.54) is 24.7 Å². The molecule has 0 amide bonds. The predicted molar refractivity (Wildman–Crippen MR) is 91.6 cm³/mol. The summed E-state index contributed by atoms with van der Waals surface area (Å²) in [4.78, 5) is 22.5. The maximum Gasteiger partial charge on any atom is 0.311 e. The van der Waals surface area contributed by atoms with E-state index in [1.54, 1.807) is 12.4 Å². The van der Waals surface area contributed by atoms with Crippen molar-refractivity contribution in [2.45, 2.75) is 0 Å². The molecule has 0 aliphatic carbocycles. The van der Waals surface area contributed by atoms with Crippen LogP contribution in [-0.2, 0) is 0 Å². The smallest absolute Gasteiger partial charge is 0.311 e. The number of nitrogens with zero attached hydrogens (tertiary/aromatic N) is 4. The molecule has 7 nitrogen and oxygen atoms in total. The van der Waals surface area contributed by atoms with Crippen molar-refractivity contribution in [1.29, 1.82) is 0 Å². The lowest BCUT2D eigenvalue weighted by Crippen LogP contribution is -1.99. The first kappa shape index (κ1) is 15.3. The highest BCUT2D eigenvalue weighted by atomic mass is 16.6. The third-order valence-electron chi connectivity index (χ3n) is 3.18. The standard InChI is InChI=1S/C17H13N5O2/c23-22(24)16-5-2-8-20-17(16)21-15-4-1-3-13(9-15)6-7-14-10-18-12-19-11-14/h1-12H,(H,20,21)/b7-6+. The summed E-state index contributed by atoms with van der Waals surface area (Å²) in [5, 5.41) is 14.0. The summed E-state index contributed by atoms with van der Waals surface area (Å²) in [5.74, 6) is 0.208. The molecule has 1 aromatic carbocycles. The highest BCUT2D eigenvalue weighted by Gasteiger charge is 2.13. The monoisotopic (exact) mass is 319 g/mol. The number of aromatic nitrogens is 3. The molecule has 0 unspecified atom stereocenters. The summed E-state index contributed by atoms with van der Waals surface area (Å²) < 4.78 is 0. The zero-order chi connectivity index (χ0) is 16.8. The Labute approximate surface area is 137 Å². The molecule has 0 aliphatic heterocycles. The van der Waals surface area contributed by atoms with Gasteiger partial charge >= 0.3 is 5.69 Å². The Balaban J connectivity index is 1.81. The van der Waals surface area contributed by atoms with Crippen LogP contribution < -0.4 is 5.32 Å². The van der Waals surface area contributed by atoms with Crippen molar-refractivity contribution in [3.05, 3.63) is 82.6 Å². The number of hydrogen-bond donors (Lipinski definition) is 1. The van der Waals surface area contributed by atoms with Crippen LogP contribution in [0.25, 0.3) is 12.2 Å². The Morgan fingerprint density at radius 2 is 1.83 bits per heavy atom. The quantitative estimate of drug-likeness (QED) is 0.569. The Morgan fingerprint density at radius 3 is 2.62 bits per heavy atom. The maximum atomic E-state index is 11.0. The Kier molecular flexibility index (Phi) is 4.52. The van der Waals surface area contributed by atoms with Gasteiger partial charge in [0, 0.05) is 35.9 Å². The van der Waals surface area contributed by atoms with E-state index in [1.807, 2.05) is 36.4 Å². The first-order chi connectivity index (χ1) is 11.7. The molecule has 3 aromatic rings. The molecule has 24 heavy (non-hydrogen) atoms. The van der Waals surface area contributed by atoms with Gasteiger partial charge in [-0.25, -0.2) is 15.0 Å². The zero-order valence-electron chi connectivity index (χ0n) is 12.5. The van der Waals surface area contributed by atoms with Crippen molar-refractivity contribution >= 4 is 29.3 Å².